The number of ether oxygens (including phenoxy) is 1. The first-order valence-electron chi connectivity index (χ1n) is 10.7. The Morgan fingerprint density at radius 1 is 1.19 bits per heavy atom. The highest BCUT2D eigenvalue weighted by Crippen LogP contribution is 2.40. The summed E-state index contributed by atoms with van der Waals surface area (Å²) in [4.78, 5) is 17.0. The summed E-state index contributed by atoms with van der Waals surface area (Å²) >= 11 is 0. The number of hydrogen-bond acceptors (Lipinski definition) is 5. The third kappa shape index (κ3) is 4.45. The van der Waals surface area contributed by atoms with Crippen molar-refractivity contribution >= 4 is 15.9 Å². The zero-order valence-electron chi connectivity index (χ0n) is 18.1. The predicted molar refractivity (Wildman–Crippen MR) is 117 cm³/mol. The van der Waals surface area contributed by atoms with E-state index in [9.17, 15) is 13.2 Å². The lowest BCUT2D eigenvalue weighted by atomic mass is 9.94. The number of aromatic nitrogens is 1. The van der Waals surface area contributed by atoms with Gasteiger partial charge in [0.1, 0.15) is 5.75 Å². The van der Waals surface area contributed by atoms with E-state index in [-0.39, 0.29) is 16.7 Å². The van der Waals surface area contributed by atoms with E-state index in [1.807, 2.05) is 19.1 Å². The predicted octanol–water partition coefficient (Wildman–Crippen LogP) is 2.93. The second kappa shape index (κ2) is 8.59. The van der Waals surface area contributed by atoms with Gasteiger partial charge in [0.15, 0.2) is 6.10 Å². The number of carbonyl (C=O) groups excluding carboxylic acids is 1. The molecule has 0 aliphatic carbocycles. The van der Waals surface area contributed by atoms with Gasteiger partial charge >= 0.3 is 0 Å². The van der Waals surface area contributed by atoms with Crippen LogP contribution in [0.2, 0.25) is 0 Å². The van der Waals surface area contributed by atoms with Gasteiger partial charge < -0.3 is 10.1 Å². The van der Waals surface area contributed by atoms with Gasteiger partial charge in [-0.3, -0.25) is 9.78 Å². The average molecular weight is 444 g/mol. The van der Waals surface area contributed by atoms with Gasteiger partial charge in [-0.2, -0.15) is 4.31 Å². The first-order chi connectivity index (χ1) is 14.8. The van der Waals surface area contributed by atoms with Crippen molar-refractivity contribution in [1.29, 1.82) is 0 Å². The molecule has 31 heavy (non-hydrogen) atoms. The number of rotatable bonds is 5. The normalized spacial score (nSPS) is 26.2. The molecule has 4 rings (SSSR count). The van der Waals surface area contributed by atoms with Crippen molar-refractivity contribution in [3.8, 4) is 5.75 Å². The van der Waals surface area contributed by atoms with E-state index in [1.54, 1.807) is 34.9 Å². The molecule has 7 nitrogen and oxygen atoms in total. The molecule has 1 amide bonds. The highest BCUT2D eigenvalue weighted by Gasteiger charge is 2.38. The topological polar surface area (TPSA) is 88.6 Å². The number of sulfonamides is 1. The molecule has 0 radical (unpaired) electrons. The van der Waals surface area contributed by atoms with Crippen LogP contribution in [0.1, 0.15) is 44.2 Å². The number of hydrogen-bond donors (Lipinski definition) is 1. The van der Waals surface area contributed by atoms with Gasteiger partial charge in [-0.25, -0.2) is 8.42 Å². The average Bonchev–Trinajstić information content (AvgIpc) is 3.08. The van der Waals surface area contributed by atoms with Gasteiger partial charge in [0.25, 0.3) is 5.91 Å². The summed E-state index contributed by atoms with van der Waals surface area (Å²) in [6.07, 6.45) is 3.73. The van der Waals surface area contributed by atoms with Gasteiger partial charge in [-0.1, -0.05) is 26.8 Å². The second-order valence-corrected chi connectivity index (χ2v) is 10.8. The summed E-state index contributed by atoms with van der Waals surface area (Å²) in [7, 11) is -3.59. The number of nitrogens with one attached hydrogen (secondary N) is 1. The van der Waals surface area contributed by atoms with E-state index in [1.165, 1.54) is 0 Å². The van der Waals surface area contributed by atoms with Crippen molar-refractivity contribution in [1.82, 2.24) is 14.6 Å². The third-order valence-electron chi connectivity index (χ3n) is 6.10. The molecule has 0 spiro atoms. The third-order valence-corrected chi connectivity index (χ3v) is 7.93. The molecule has 2 aliphatic rings. The first kappa shape index (κ1) is 21.8. The number of fused-ring (bicyclic) bond motifs is 1. The van der Waals surface area contributed by atoms with Crippen LogP contribution in [0.3, 0.4) is 0 Å². The molecule has 0 saturated carbocycles. The smallest absolute Gasteiger partial charge is 0.261 e. The number of pyridine rings is 1. The second-order valence-electron chi connectivity index (χ2n) is 8.87. The molecule has 4 atom stereocenters. The summed E-state index contributed by atoms with van der Waals surface area (Å²) in [5, 5.41) is 2.88. The molecule has 3 heterocycles. The van der Waals surface area contributed by atoms with Crippen molar-refractivity contribution in [3.63, 3.8) is 0 Å². The molecule has 4 unspecified atom stereocenters. The van der Waals surface area contributed by atoms with E-state index in [0.29, 0.717) is 37.2 Å². The highest BCUT2D eigenvalue weighted by atomic mass is 32.2. The maximum absolute atomic E-state index is 13.3. The van der Waals surface area contributed by atoms with E-state index in [4.69, 9.17) is 4.74 Å². The van der Waals surface area contributed by atoms with Gasteiger partial charge in [0, 0.05) is 43.5 Å². The number of nitrogens with zero attached hydrogens (tertiary/aromatic N) is 2. The molecule has 1 fully saturated rings. The van der Waals surface area contributed by atoms with E-state index >= 15 is 0 Å². The molecule has 0 bridgehead atoms. The van der Waals surface area contributed by atoms with E-state index < -0.39 is 16.1 Å². The van der Waals surface area contributed by atoms with Gasteiger partial charge in [0.2, 0.25) is 10.0 Å². The van der Waals surface area contributed by atoms with Crippen molar-refractivity contribution in [2.24, 2.45) is 11.8 Å². The molecule has 1 aromatic heterocycles. The molecule has 2 aromatic rings. The van der Waals surface area contributed by atoms with Crippen LogP contribution in [0.5, 0.6) is 5.75 Å². The lowest BCUT2D eigenvalue weighted by molar-refractivity contribution is -0.128. The van der Waals surface area contributed by atoms with Gasteiger partial charge in [-0.05, 0) is 48.1 Å². The molecule has 1 saturated heterocycles. The molecular weight excluding hydrogens is 414 g/mol. The van der Waals surface area contributed by atoms with Gasteiger partial charge in [0.05, 0.1) is 4.90 Å². The summed E-state index contributed by atoms with van der Waals surface area (Å²) in [6.45, 7) is 7.50. The maximum atomic E-state index is 13.3. The quantitative estimate of drug-likeness (QED) is 0.768. The summed E-state index contributed by atoms with van der Waals surface area (Å²) in [6, 6.07) is 8.64. The van der Waals surface area contributed by atoms with Crippen molar-refractivity contribution in [2.45, 2.75) is 50.7 Å². The summed E-state index contributed by atoms with van der Waals surface area (Å²) in [5.41, 5.74) is 1.65. The molecule has 2 aliphatic heterocycles. The minimum atomic E-state index is -3.59. The largest absolute Gasteiger partial charge is 0.480 e. The maximum Gasteiger partial charge on any atom is 0.261 e. The lowest BCUT2D eigenvalue weighted by Crippen LogP contribution is -2.42. The molecule has 1 N–H and O–H groups in total. The van der Waals surface area contributed by atoms with Crippen molar-refractivity contribution in [3.05, 3.63) is 53.9 Å². The van der Waals surface area contributed by atoms with Crippen LogP contribution in [-0.4, -0.2) is 42.8 Å². The number of piperidine rings is 1. The Bertz CT molecular complexity index is 1050. The standard InChI is InChI=1S/C23H29N3O4S/c1-15-9-16(2)14-26(13-15)31(28,29)19-6-7-21-20(10-19)17(3)22(30-21)23(27)25-12-18-5-4-8-24-11-18/h4-8,10-11,15-17,22H,9,12-14H2,1-3H3,(H,25,27). The van der Waals surface area contributed by atoms with Gasteiger partial charge in [-0.15, -0.1) is 0 Å². The molecule has 8 heteroatoms. The Kier molecular flexibility index (Phi) is 6.03. The first-order valence-corrected chi connectivity index (χ1v) is 12.2. The van der Waals surface area contributed by atoms with Crippen LogP contribution in [0, 0.1) is 11.8 Å². The minimum absolute atomic E-state index is 0.226. The zero-order valence-corrected chi connectivity index (χ0v) is 18.9. The van der Waals surface area contributed by atoms with E-state index in [0.717, 1.165) is 17.5 Å². The lowest BCUT2D eigenvalue weighted by Gasteiger charge is -2.34. The Morgan fingerprint density at radius 3 is 2.61 bits per heavy atom. The summed E-state index contributed by atoms with van der Waals surface area (Å²) < 4.78 is 34.0. The fourth-order valence-electron chi connectivity index (χ4n) is 4.58. The molecule has 1 aromatic carbocycles. The van der Waals surface area contributed by atoms with Crippen LogP contribution >= 0.6 is 0 Å². The Hall–Kier alpha value is -2.45. The number of benzene rings is 1. The minimum Gasteiger partial charge on any atom is -0.480 e. The Labute approximate surface area is 183 Å². The number of carbonyl (C=O) groups is 1. The summed E-state index contributed by atoms with van der Waals surface area (Å²) in [5.74, 6) is 0.758. The fraction of sp³-hybridized carbons (Fsp3) is 0.478. The zero-order chi connectivity index (χ0) is 22.2. The van der Waals surface area contributed by atoms with Crippen LogP contribution < -0.4 is 10.1 Å². The van der Waals surface area contributed by atoms with E-state index in [2.05, 4.69) is 24.1 Å². The molecular formula is C23H29N3O4S. The van der Waals surface area contributed by atoms with Crippen LogP contribution in [0.25, 0.3) is 0 Å². The van der Waals surface area contributed by atoms with Crippen molar-refractivity contribution in [2.75, 3.05) is 13.1 Å². The fourth-order valence-corrected chi connectivity index (χ4v) is 6.29. The van der Waals surface area contributed by atoms with Crippen LogP contribution in [-0.2, 0) is 21.4 Å². The number of amides is 1. The monoisotopic (exact) mass is 443 g/mol. The SMILES string of the molecule is CC1CC(C)CN(S(=O)(=O)c2ccc3c(c2)C(C)C(C(=O)NCc2cccnc2)O3)C1. The van der Waals surface area contributed by atoms with Crippen LogP contribution in [0.15, 0.2) is 47.6 Å². The Balaban J connectivity index is 1.49. The van der Waals surface area contributed by atoms with Crippen molar-refractivity contribution < 1.29 is 17.9 Å². The molecule has 166 valence electrons. The Morgan fingerprint density at radius 2 is 1.94 bits per heavy atom. The highest BCUT2D eigenvalue weighted by molar-refractivity contribution is 7.89. The van der Waals surface area contributed by atoms with Crippen LogP contribution in [0.4, 0.5) is 0 Å².